The lowest BCUT2D eigenvalue weighted by atomic mass is 9.79. The van der Waals surface area contributed by atoms with Crippen LogP contribution in [0.3, 0.4) is 0 Å². The molecule has 11 nitrogen and oxygen atoms in total. The van der Waals surface area contributed by atoms with Gasteiger partial charge in [0.15, 0.2) is 0 Å². The minimum Gasteiger partial charge on any atom is -0.388 e. The van der Waals surface area contributed by atoms with Crippen LogP contribution >= 0.6 is 11.3 Å². The van der Waals surface area contributed by atoms with Crippen LogP contribution in [-0.4, -0.2) is 82.6 Å². The molecule has 2 aliphatic rings. The molecule has 0 bridgehead atoms. The van der Waals surface area contributed by atoms with Crippen LogP contribution in [0.2, 0.25) is 0 Å². The Morgan fingerprint density at radius 2 is 1.78 bits per heavy atom. The highest BCUT2D eigenvalue weighted by Crippen LogP contribution is 2.37. The first-order valence-electron chi connectivity index (χ1n) is 16.2. The molecule has 254 valence electrons. The summed E-state index contributed by atoms with van der Waals surface area (Å²) in [5.74, 6) is -2.88. The number of aryl methyl sites for hydroxylation is 2. The van der Waals surface area contributed by atoms with E-state index >= 15 is 0 Å². The highest BCUT2D eigenvalue weighted by Gasteiger charge is 2.42. The molecule has 1 N–H and O–H groups in total. The summed E-state index contributed by atoms with van der Waals surface area (Å²) in [6, 6.07) is 13.7. The van der Waals surface area contributed by atoms with Crippen LogP contribution in [-0.2, 0) is 18.4 Å². The molecule has 5 aromatic rings. The van der Waals surface area contributed by atoms with Gasteiger partial charge in [0.05, 0.1) is 28.8 Å². The molecule has 0 unspecified atom stereocenters. The van der Waals surface area contributed by atoms with E-state index in [1.807, 2.05) is 37.4 Å². The molecule has 0 aliphatic carbocycles. The molecule has 2 fully saturated rings. The largest absolute Gasteiger partial charge is 0.388 e. The molecule has 14 heteroatoms. The number of rotatable bonds is 6. The number of benzene rings is 1. The van der Waals surface area contributed by atoms with Crippen LogP contribution in [0.15, 0.2) is 65.8 Å². The monoisotopic (exact) mass is 687 g/mol. The fraction of sp³-hybridized carbons (Fsp3) is 0.371. The number of piperidine rings is 2. The second kappa shape index (κ2) is 12.9. The Kier molecular flexibility index (Phi) is 8.61. The number of hydrogen-bond donors (Lipinski definition) is 1. The van der Waals surface area contributed by atoms with Crippen molar-refractivity contribution in [3.8, 4) is 10.6 Å². The van der Waals surface area contributed by atoms with E-state index in [1.165, 1.54) is 17.0 Å². The molecular weight excluding hydrogens is 652 g/mol. The number of aliphatic hydroxyl groups is 1. The van der Waals surface area contributed by atoms with E-state index in [0.717, 1.165) is 23.0 Å². The maximum absolute atomic E-state index is 14.4. The number of pyridine rings is 1. The van der Waals surface area contributed by atoms with Gasteiger partial charge in [-0.15, -0.1) is 11.3 Å². The first-order chi connectivity index (χ1) is 23.5. The van der Waals surface area contributed by atoms with Gasteiger partial charge in [0, 0.05) is 51.3 Å². The first-order valence-corrected chi connectivity index (χ1v) is 17.0. The van der Waals surface area contributed by atoms with Crippen molar-refractivity contribution in [1.29, 1.82) is 0 Å². The summed E-state index contributed by atoms with van der Waals surface area (Å²) in [6.45, 7) is 3.08. The quantitative estimate of drug-likeness (QED) is 0.266. The molecule has 0 radical (unpaired) electrons. The molecule has 2 amide bonds. The van der Waals surface area contributed by atoms with Gasteiger partial charge in [-0.05, 0) is 49.9 Å². The summed E-state index contributed by atoms with van der Waals surface area (Å²) >= 11 is 1.03. The summed E-state index contributed by atoms with van der Waals surface area (Å²) in [5.41, 5.74) is 0.599. The third kappa shape index (κ3) is 6.26. The van der Waals surface area contributed by atoms with Gasteiger partial charge < -0.3 is 19.5 Å². The number of thiazole rings is 1. The Labute approximate surface area is 284 Å². The van der Waals surface area contributed by atoms with E-state index in [2.05, 4.69) is 15.0 Å². The molecule has 4 aromatic heterocycles. The molecule has 0 spiro atoms. The number of carbonyl (C=O) groups is 2. The molecule has 49 heavy (non-hydrogen) atoms. The molecule has 6 heterocycles. The van der Waals surface area contributed by atoms with Gasteiger partial charge in [-0.25, -0.2) is 9.97 Å². The Bertz CT molecular complexity index is 2110. The number of amides is 2. The summed E-state index contributed by atoms with van der Waals surface area (Å²) in [6.07, 6.45) is 4.29. The van der Waals surface area contributed by atoms with E-state index < -0.39 is 17.5 Å². The lowest BCUT2D eigenvalue weighted by molar-refractivity contribution is -0.142. The smallest absolute Gasteiger partial charge is 0.265 e. The second-order valence-corrected chi connectivity index (χ2v) is 14.0. The van der Waals surface area contributed by atoms with Gasteiger partial charge in [0.25, 0.3) is 11.5 Å². The average Bonchev–Trinajstić information content (AvgIpc) is 3.68. The number of halogens is 2. The van der Waals surface area contributed by atoms with Gasteiger partial charge >= 0.3 is 0 Å². The van der Waals surface area contributed by atoms with Crippen LogP contribution in [0, 0.1) is 24.7 Å². The predicted octanol–water partition coefficient (Wildman–Crippen LogP) is 4.14. The van der Waals surface area contributed by atoms with Crippen LogP contribution < -0.4 is 5.56 Å². The molecule has 2 saturated heterocycles. The van der Waals surface area contributed by atoms with Crippen molar-refractivity contribution in [2.45, 2.75) is 44.2 Å². The minimum absolute atomic E-state index is 0.0226. The van der Waals surface area contributed by atoms with E-state index in [9.17, 15) is 28.3 Å². The highest BCUT2D eigenvalue weighted by atomic mass is 32.1. The fourth-order valence-electron chi connectivity index (χ4n) is 7.04. The maximum atomic E-state index is 14.4. The number of likely N-dealkylation sites (tertiary alicyclic amines) is 2. The highest BCUT2D eigenvalue weighted by molar-refractivity contribution is 7.17. The van der Waals surface area contributed by atoms with Crippen molar-refractivity contribution < 1.29 is 23.5 Å². The standard InChI is InChI=1S/C35H35F2N7O4S/c1-21-28(49-31(39-21)24-8-9-27(36)40-29(24)37)34(47)43-15-11-23(26(18-43)22-6-4-3-5-7-22)32(45)42-16-12-35(48,13-17-42)19-44-20-38-30-25(33(44)46)10-14-41(30)2/h3-10,14,20,23,26,48H,11-13,15-19H2,1-2H3/t23-,26+/m1/s1. The van der Waals surface area contributed by atoms with Crippen molar-refractivity contribution >= 4 is 34.2 Å². The van der Waals surface area contributed by atoms with Gasteiger partial charge in [-0.2, -0.15) is 13.8 Å². The number of nitrogens with zero attached hydrogens (tertiary/aromatic N) is 7. The van der Waals surface area contributed by atoms with Crippen LogP contribution in [0.4, 0.5) is 8.78 Å². The molecule has 2 aliphatic heterocycles. The zero-order valence-corrected chi connectivity index (χ0v) is 27.9. The van der Waals surface area contributed by atoms with Crippen molar-refractivity contribution in [2.24, 2.45) is 13.0 Å². The zero-order valence-electron chi connectivity index (χ0n) is 27.1. The van der Waals surface area contributed by atoms with E-state index in [4.69, 9.17) is 0 Å². The summed E-state index contributed by atoms with van der Waals surface area (Å²) in [5, 5.41) is 12.2. The van der Waals surface area contributed by atoms with Crippen molar-refractivity contribution in [2.75, 3.05) is 26.2 Å². The normalized spacial score (nSPS) is 19.4. The fourth-order valence-corrected chi connectivity index (χ4v) is 8.09. The number of fused-ring (bicyclic) bond motifs is 1. The number of aromatic nitrogens is 5. The van der Waals surface area contributed by atoms with E-state index in [0.29, 0.717) is 67.0 Å². The van der Waals surface area contributed by atoms with Gasteiger partial charge in [0.2, 0.25) is 17.8 Å². The predicted molar refractivity (Wildman–Crippen MR) is 179 cm³/mol. The van der Waals surface area contributed by atoms with Crippen molar-refractivity contribution in [3.63, 3.8) is 0 Å². The molecule has 1 aromatic carbocycles. The zero-order chi connectivity index (χ0) is 34.4. The number of hydrogen-bond acceptors (Lipinski definition) is 8. The molecule has 0 saturated carbocycles. The van der Waals surface area contributed by atoms with Gasteiger partial charge in [-0.3, -0.25) is 19.0 Å². The third-order valence-electron chi connectivity index (χ3n) is 9.80. The lowest BCUT2D eigenvalue weighted by Gasteiger charge is -2.43. The summed E-state index contributed by atoms with van der Waals surface area (Å²) < 4.78 is 31.0. The maximum Gasteiger partial charge on any atom is 0.265 e. The number of carbonyl (C=O) groups excluding carboxylic acids is 2. The Balaban J connectivity index is 1.06. The van der Waals surface area contributed by atoms with Crippen LogP contribution in [0.1, 0.15) is 46.1 Å². The van der Waals surface area contributed by atoms with E-state index in [-0.39, 0.29) is 46.3 Å². The first kappa shape index (κ1) is 32.7. The van der Waals surface area contributed by atoms with Gasteiger partial charge in [0.1, 0.15) is 21.9 Å². The minimum atomic E-state index is -1.17. The van der Waals surface area contributed by atoms with Gasteiger partial charge in [-0.1, -0.05) is 30.3 Å². The Morgan fingerprint density at radius 3 is 2.51 bits per heavy atom. The van der Waals surface area contributed by atoms with Crippen molar-refractivity contribution in [1.82, 2.24) is 33.9 Å². The second-order valence-electron chi connectivity index (χ2n) is 13.0. The Hall–Kier alpha value is -4.82. The van der Waals surface area contributed by atoms with Crippen LogP contribution in [0.5, 0.6) is 0 Å². The third-order valence-corrected chi connectivity index (χ3v) is 11.0. The SMILES string of the molecule is Cc1nc(-c2ccc(F)nc2F)sc1C(=O)N1CC[C@@H](C(=O)N2CCC(O)(Cn3cnc4c(ccn4C)c3=O)CC2)[C@H](c2ccccc2)C1. The average molecular weight is 688 g/mol. The lowest BCUT2D eigenvalue weighted by Crippen LogP contribution is -2.53. The van der Waals surface area contributed by atoms with E-state index in [1.54, 1.807) is 33.6 Å². The molecular formula is C35H35F2N7O4S. The summed E-state index contributed by atoms with van der Waals surface area (Å²) in [7, 11) is 1.82. The summed E-state index contributed by atoms with van der Waals surface area (Å²) in [4.78, 5) is 56.9. The molecule has 2 atom stereocenters. The van der Waals surface area contributed by atoms with Crippen LogP contribution in [0.25, 0.3) is 21.6 Å². The molecule has 7 rings (SSSR count). The topological polar surface area (TPSA) is 126 Å². The van der Waals surface area contributed by atoms with Crippen molar-refractivity contribution in [3.05, 3.63) is 99.4 Å². The Morgan fingerprint density at radius 1 is 1.02 bits per heavy atom.